The molecule has 1 spiro atoms. The monoisotopic (exact) mass is 367 g/mol. The molecular weight excluding hydrogens is 346 g/mol. The second-order valence-electron chi connectivity index (χ2n) is 6.52. The molecule has 1 aliphatic heterocycles. The zero-order valence-corrected chi connectivity index (χ0v) is 14.8. The summed E-state index contributed by atoms with van der Waals surface area (Å²) in [5, 5.41) is 0. The van der Waals surface area contributed by atoms with E-state index >= 15 is 0 Å². The molecule has 2 fully saturated rings. The Morgan fingerprint density at radius 3 is 2.43 bits per heavy atom. The molecule has 4 heteroatoms. The molecule has 1 aromatic rings. The van der Waals surface area contributed by atoms with E-state index < -0.39 is 0 Å². The summed E-state index contributed by atoms with van der Waals surface area (Å²) < 4.78 is 0.864. The molecule has 3 rings (SSSR count). The first-order valence-corrected chi connectivity index (χ1v) is 9.12. The van der Waals surface area contributed by atoms with Gasteiger partial charge in [-0.2, -0.15) is 0 Å². The van der Waals surface area contributed by atoms with Crippen LogP contribution in [-0.4, -0.2) is 23.9 Å². The lowest BCUT2D eigenvalue weighted by molar-refractivity contribution is 0.0471. The zero-order chi connectivity index (χ0) is 14.9. The van der Waals surface area contributed by atoms with Crippen LogP contribution < -0.4 is 0 Å². The molecule has 2 aliphatic rings. The third-order valence-electron chi connectivity index (χ3n) is 5.21. The Kier molecular flexibility index (Phi) is 4.65. The second kappa shape index (κ2) is 6.33. The summed E-state index contributed by atoms with van der Waals surface area (Å²) in [5.74, 6) is 0.142. The van der Waals surface area contributed by atoms with Gasteiger partial charge < -0.3 is 4.90 Å². The number of carbonyl (C=O) groups excluding carboxylic acids is 1. The van der Waals surface area contributed by atoms with Gasteiger partial charge in [-0.15, -0.1) is 12.6 Å². The lowest BCUT2D eigenvalue weighted by atomic mass is 9.68. The van der Waals surface area contributed by atoms with Crippen LogP contribution in [0.15, 0.2) is 27.6 Å². The van der Waals surface area contributed by atoms with Crippen molar-refractivity contribution in [3.63, 3.8) is 0 Å². The Morgan fingerprint density at radius 2 is 1.76 bits per heavy atom. The first-order valence-electron chi connectivity index (χ1n) is 7.88. The number of rotatable bonds is 1. The number of carbonyl (C=O) groups is 1. The standard InChI is InChI=1S/C17H22BrNOS/c18-15-5-4-13(21)12-14(15)16(20)19-10-8-17(9-11-19)6-2-1-3-7-17/h4-5,12,21H,1-3,6-11H2. The summed E-state index contributed by atoms with van der Waals surface area (Å²) in [6.45, 7) is 1.81. The summed E-state index contributed by atoms with van der Waals surface area (Å²) in [5.41, 5.74) is 1.28. The fraction of sp³-hybridized carbons (Fsp3) is 0.588. The van der Waals surface area contributed by atoms with E-state index in [1.165, 1.54) is 44.9 Å². The summed E-state index contributed by atoms with van der Waals surface area (Å²) in [4.78, 5) is 15.6. The Labute approximate surface area is 140 Å². The van der Waals surface area contributed by atoms with Crippen molar-refractivity contribution in [3.8, 4) is 0 Å². The van der Waals surface area contributed by atoms with Gasteiger partial charge in [0, 0.05) is 22.5 Å². The highest BCUT2D eigenvalue weighted by Crippen LogP contribution is 2.44. The van der Waals surface area contributed by atoms with Gasteiger partial charge in [0.05, 0.1) is 5.56 Å². The van der Waals surface area contributed by atoms with Gasteiger partial charge in [0.2, 0.25) is 0 Å². The highest BCUT2D eigenvalue weighted by atomic mass is 79.9. The van der Waals surface area contributed by atoms with Crippen molar-refractivity contribution < 1.29 is 4.79 Å². The van der Waals surface area contributed by atoms with Crippen LogP contribution in [0.1, 0.15) is 55.3 Å². The van der Waals surface area contributed by atoms with Crippen molar-refractivity contribution in [1.29, 1.82) is 0 Å². The van der Waals surface area contributed by atoms with Crippen LogP contribution in [0.2, 0.25) is 0 Å². The van der Waals surface area contributed by atoms with Crippen LogP contribution in [0.25, 0.3) is 0 Å². The molecule has 0 bridgehead atoms. The summed E-state index contributed by atoms with van der Waals surface area (Å²) in [6, 6.07) is 5.67. The van der Waals surface area contributed by atoms with Gasteiger partial charge in [0.25, 0.3) is 5.91 Å². The maximum atomic E-state index is 12.7. The second-order valence-corrected chi connectivity index (χ2v) is 7.89. The van der Waals surface area contributed by atoms with E-state index in [1.807, 2.05) is 23.1 Å². The van der Waals surface area contributed by atoms with Crippen LogP contribution in [0.4, 0.5) is 0 Å². The highest BCUT2D eigenvalue weighted by molar-refractivity contribution is 9.10. The average Bonchev–Trinajstić information content (AvgIpc) is 2.51. The summed E-state index contributed by atoms with van der Waals surface area (Å²) in [7, 11) is 0. The fourth-order valence-corrected chi connectivity index (χ4v) is 4.45. The van der Waals surface area contributed by atoms with E-state index in [1.54, 1.807) is 0 Å². The Bertz CT molecular complexity index is 530. The Morgan fingerprint density at radius 1 is 1.10 bits per heavy atom. The highest BCUT2D eigenvalue weighted by Gasteiger charge is 2.36. The van der Waals surface area contributed by atoms with Gasteiger partial charge >= 0.3 is 0 Å². The van der Waals surface area contributed by atoms with E-state index in [0.29, 0.717) is 5.41 Å². The smallest absolute Gasteiger partial charge is 0.255 e. The number of halogens is 1. The van der Waals surface area contributed by atoms with Crippen LogP contribution in [0, 0.1) is 5.41 Å². The zero-order valence-electron chi connectivity index (χ0n) is 12.3. The minimum Gasteiger partial charge on any atom is -0.339 e. The van der Waals surface area contributed by atoms with E-state index in [4.69, 9.17) is 0 Å². The minimum absolute atomic E-state index is 0.142. The third kappa shape index (κ3) is 3.31. The number of nitrogens with zero attached hydrogens (tertiary/aromatic N) is 1. The molecule has 2 nitrogen and oxygen atoms in total. The molecule has 1 amide bonds. The quantitative estimate of drug-likeness (QED) is 0.698. The van der Waals surface area contributed by atoms with Crippen LogP contribution >= 0.6 is 28.6 Å². The van der Waals surface area contributed by atoms with Gasteiger partial charge in [-0.3, -0.25) is 4.79 Å². The summed E-state index contributed by atoms with van der Waals surface area (Å²) >= 11 is 7.83. The average molecular weight is 368 g/mol. The lowest BCUT2D eigenvalue weighted by Crippen LogP contribution is -2.44. The number of benzene rings is 1. The normalized spacial score (nSPS) is 21.5. The van der Waals surface area contributed by atoms with Gasteiger partial charge in [0.1, 0.15) is 0 Å². The summed E-state index contributed by atoms with van der Waals surface area (Å²) in [6.07, 6.45) is 9.23. The Hall–Kier alpha value is -0.480. The van der Waals surface area contributed by atoms with Crippen molar-refractivity contribution in [2.75, 3.05) is 13.1 Å². The number of hydrogen-bond donors (Lipinski definition) is 1. The molecule has 1 saturated carbocycles. The van der Waals surface area contributed by atoms with E-state index in [2.05, 4.69) is 28.6 Å². The number of piperidine rings is 1. The largest absolute Gasteiger partial charge is 0.339 e. The topological polar surface area (TPSA) is 20.3 Å². The Balaban J connectivity index is 1.69. The van der Waals surface area contributed by atoms with Gasteiger partial charge in [-0.1, -0.05) is 19.3 Å². The number of amides is 1. The number of thiol groups is 1. The lowest BCUT2D eigenvalue weighted by Gasteiger charge is -2.44. The molecule has 0 atom stereocenters. The molecule has 114 valence electrons. The van der Waals surface area contributed by atoms with Gasteiger partial charge in [0.15, 0.2) is 0 Å². The van der Waals surface area contributed by atoms with Gasteiger partial charge in [-0.25, -0.2) is 0 Å². The number of hydrogen-bond acceptors (Lipinski definition) is 2. The van der Waals surface area contributed by atoms with Crippen LogP contribution in [0.5, 0.6) is 0 Å². The van der Waals surface area contributed by atoms with E-state index in [-0.39, 0.29) is 5.91 Å². The molecule has 0 N–H and O–H groups in total. The minimum atomic E-state index is 0.142. The molecule has 0 radical (unpaired) electrons. The van der Waals surface area contributed by atoms with Crippen LogP contribution in [-0.2, 0) is 0 Å². The van der Waals surface area contributed by atoms with Crippen molar-refractivity contribution in [3.05, 3.63) is 28.2 Å². The van der Waals surface area contributed by atoms with E-state index in [0.717, 1.165) is 28.0 Å². The fourth-order valence-electron chi connectivity index (χ4n) is 3.83. The molecule has 21 heavy (non-hydrogen) atoms. The molecule has 0 aromatic heterocycles. The van der Waals surface area contributed by atoms with Crippen molar-refractivity contribution in [1.82, 2.24) is 4.90 Å². The van der Waals surface area contributed by atoms with Crippen molar-refractivity contribution in [2.45, 2.75) is 49.8 Å². The molecule has 1 saturated heterocycles. The SMILES string of the molecule is O=C(c1cc(S)ccc1Br)N1CCC2(CCCCC2)CC1. The molecule has 1 heterocycles. The molecule has 1 aliphatic carbocycles. The van der Waals surface area contributed by atoms with E-state index in [9.17, 15) is 4.79 Å². The maximum Gasteiger partial charge on any atom is 0.255 e. The molecular formula is C17H22BrNOS. The third-order valence-corrected chi connectivity index (χ3v) is 6.18. The molecule has 1 aromatic carbocycles. The first kappa shape index (κ1) is 15.4. The number of likely N-dealkylation sites (tertiary alicyclic amines) is 1. The van der Waals surface area contributed by atoms with Crippen LogP contribution in [0.3, 0.4) is 0 Å². The predicted molar refractivity (Wildman–Crippen MR) is 92.0 cm³/mol. The maximum absolute atomic E-state index is 12.7. The van der Waals surface area contributed by atoms with Gasteiger partial charge in [-0.05, 0) is 65.2 Å². The van der Waals surface area contributed by atoms with Crippen molar-refractivity contribution in [2.24, 2.45) is 5.41 Å². The van der Waals surface area contributed by atoms with Crippen molar-refractivity contribution >= 4 is 34.5 Å². The first-order chi connectivity index (χ1) is 10.1. The predicted octanol–water partition coefficient (Wildman–Crippen LogP) is 4.92. The molecule has 0 unspecified atom stereocenters.